The van der Waals surface area contributed by atoms with Crippen molar-refractivity contribution in [3.8, 4) is 0 Å². The summed E-state index contributed by atoms with van der Waals surface area (Å²) >= 11 is 0. The maximum atomic E-state index is 9.49. The molecule has 6 heterocycles. The lowest BCUT2D eigenvalue weighted by Gasteiger charge is -2.16. The summed E-state index contributed by atoms with van der Waals surface area (Å²) in [5, 5.41) is 36.5. The number of rotatable bonds is 6. The van der Waals surface area contributed by atoms with Gasteiger partial charge in [0.15, 0.2) is 22.6 Å². The van der Waals surface area contributed by atoms with Gasteiger partial charge in [0.1, 0.15) is 11.6 Å². The number of nitrogens with one attached hydrogen (secondary N) is 2. The van der Waals surface area contributed by atoms with Crippen LogP contribution in [-0.2, 0) is 0 Å². The van der Waals surface area contributed by atoms with Gasteiger partial charge in [-0.1, -0.05) is 26.7 Å². The molecule has 6 aromatic heterocycles. The lowest BCUT2D eigenvalue weighted by molar-refractivity contribution is 0.225. The van der Waals surface area contributed by atoms with E-state index in [4.69, 9.17) is 0 Å². The summed E-state index contributed by atoms with van der Waals surface area (Å²) < 4.78 is 4.23. The minimum absolute atomic E-state index is 0.269. The van der Waals surface area contributed by atoms with Crippen LogP contribution in [0.2, 0.25) is 0 Å². The van der Waals surface area contributed by atoms with Crippen LogP contribution >= 0.6 is 0 Å². The smallest absolute Gasteiger partial charge is 0.179 e. The van der Waals surface area contributed by atoms with Crippen LogP contribution in [0.4, 0.5) is 0 Å². The first-order valence-electron chi connectivity index (χ1n) is 15.2. The van der Waals surface area contributed by atoms with Crippen molar-refractivity contribution in [3.63, 3.8) is 0 Å². The minimum atomic E-state index is 0.269. The maximum Gasteiger partial charge on any atom is 0.179 e. The number of fused-ring (bicyclic) bond motifs is 6. The Balaban J connectivity index is 0.000000137. The van der Waals surface area contributed by atoms with E-state index in [0.717, 1.165) is 83.8 Å². The van der Waals surface area contributed by atoms with Crippen LogP contribution in [0.15, 0.2) is 36.9 Å². The number of aromatic nitrogens is 10. The van der Waals surface area contributed by atoms with Crippen molar-refractivity contribution in [2.45, 2.75) is 64.2 Å². The minimum Gasteiger partial charge on any atom is -0.396 e. The van der Waals surface area contributed by atoms with Crippen LogP contribution in [-0.4, -0.2) is 72.6 Å². The van der Waals surface area contributed by atoms with Crippen LogP contribution in [0.25, 0.3) is 33.6 Å². The molecule has 2 fully saturated rings. The second-order valence-electron chi connectivity index (χ2n) is 12.0. The van der Waals surface area contributed by atoms with Crippen molar-refractivity contribution in [1.29, 1.82) is 0 Å². The van der Waals surface area contributed by atoms with Gasteiger partial charge in [-0.2, -0.15) is 0 Å². The zero-order valence-electron chi connectivity index (χ0n) is 24.1. The summed E-state index contributed by atoms with van der Waals surface area (Å²) in [4.78, 5) is 15.0. The molecule has 0 amide bonds. The zero-order valence-corrected chi connectivity index (χ0v) is 24.1. The second-order valence-corrected chi connectivity index (χ2v) is 12.0. The van der Waals surface area contributed by atoms with Crippen molar-refractivity contribution >= 4 is 33.6 Å². The summed E-state index contributed by atoms with van der Waals surface area (Å²) in [5.41, 5.74) is 5.34. The third-order valence-corrected chi connectivity index (χ3v) is 9.75. The van der Waals surface area contributed by atoms with Gasteiger partial charge in [-0.25, -0.2) is 9.97 Å². The van der Waals surface area contributed by atoms with E-state index < -0.39 is 0 Å². The van der Waals surface area contributed by atoms with Crippen LogP contribution in [0.5, 0.6) is 0 Å². The number of aromatic amines is 2. The molecule has 0 aromatic carbocycles. The summed E-state index contributed by atoms with van der Waals surface area (Å²) in [5.74, 6) is 4.66. The van der Waals surface area contributed by atoms with Crippen LogP contribution in [0, 0.1) is 23.7 Å². The Kier molecular flexibility index (Phi) is 7.10. The monoisotopic (exact) mass is 570 g/mol. The lowest BCUT2D eigenvalue weighted by atomic mass is 9.93. The Morgan fingerprint density at radius 2 is 1.14 bits per heavy atom. The second kappa shape index (κ2) is 11.1. The summed E-state index contributed by atoms with van der Waals surface area (Å²) in [6, 6.07) is 4.03. The molecule has 220 valence electrons. The van der Waals surface area contributed by atoms with Gasteiger partial charge in [-0.15, -0.1) is 20.4 Å². The molecule has 0 spiro atoms. The van der Waals surface area contributed by atoms with Gasteiger partial charge in [-0.05, 0) is 61.5 Å². The molecule has 12 heteroatoms. The summed E-state index contributed by atoms with van der Waals surface area (Å²) in [6.45, 7) is 4.97. The molecule has 0 saturated heterocycles. The fourth-order valence-corrected chi connectivity index (χ4v) is 7.59. The standard InChI is InChI=1S/2C15H19N5O/c2*1-2-10-5-9(8-21)6-11(10)15-19-18-13-7-17-14-12(20(13)15)3-4-16-14/h2*3-4,7,9-11,16,21H,2,5-6,8H2,1H3/t2*9-,10+,11-/m10/s1. The van der Waals surface area contributed by atoms with Crippen molar-refractivity contribution in [3.05, 3.63) is 48.6 Å². The van der Waals surface area contributed by atoms with Crippen molar-refractivity contribution in [1.82, 2.24) is 49.1 Å². The predicted octanol–water partition coefficient (Wildman–Crippen LogP) is 4.24. The van der Waals surface area contributed by atoms with Crippen LogP contribution in [0.3, 0.4) is 0 Å². The first-order valence-corrected chi connectivity index (χ1v) is 15.2. The van der Waals surface area contributed by atoms with Crippen LogP contribution < -0.4 is 0 Å². The Labute approximate surface area is 242 Å². The van der Waals surface area contributed by atoms with Gasteiger partial charge in [0.05, 0.1) is 23.4 Å². The first-order chi connectivity index (χ1) is 20.6. The molecule has 2 saturated carbocycles. The number of aliphatic hydroxyl groups is 2. The number of hydrogen-bond donors (Lipinski definition) is 4. The van der Waals surface area contributed by atoms with E-state index in [0.29, 0.717) is 35.5 Å². The molecule has 4 N–H and O–H groups in total. The topological polar surface area (TPSA) is 158 Å². The van der Waals surface area contributed by atoms with E-state index >= 15 is 0 Å². The zero-order chi connectivity index (χ0) is 28.8. The average molecular weight is 571 g/mol. The van der Waals surface area contributed by atoms with Gasteiger partial charge >= 0.3 is 0 Å². The normalized spacial score (nSPS) is 26.1. The lowest BCUT2D eigenvalue weighted by Crippen LogP contribution is -2.09. The van der Waals surface area contributed by atoms with Gasteiger partial charge in [0.25, 0.3) is 0 Å². The van der Waals surface area contributed by atoms with Gasteiger partial charge in [-0.3, -0.25) is 8.80 Å². The first kappa shape index (κ1) is 27.0. The number of nitrogens with zero attached hydrogens (tertiary/aromatic N) is 8. The highest BCUT2D eigenvalue weighted by Crippen LogP contribution is 2.45. The van der Waals surface area contributed by atoms with E-state index in [1.165, 1.54) is 0 Å². The Hall–Kier alpha value is -3.90. The molecule has 6 aromatic rings. The van der Waals surface area contributed by atoms with Crippen molar-refractivity contribution < 1.29 is 10.2 Å². The van der Waals surface area contributed by atoms with Gasteiger partial charge in [0.2, 0.25) is 0 Å². The van der Waals surface area contributed by atoms with Crippen LogP contribution in [0.1, 0.15) is 75.9 Å². The highest BCUT2D eigenvalue weighted by atomic mass is 16.3. The molecule has 8 rings (SSSR count). The molecule has 2 aliphatic rings. The Morgan fingerprint density at radius 1 is 0.690 bits per heavy atom. The number of H-pyrrole nitrogens is 2. The Morgan fingerprint density at radius 3 is 1.55 bits per heavy atom. The largest absolute Gasteiger partial charge is 0.396 e. The van der Waals surface area contributed by atoms with E-state index in [1.807, 2.05) is 24.5 Å². The average Bonchev–Trinajstić information content (AvgIpc) is 3.86. The summed E-state index contributed by atoms with van der Waals surface area (Å²) in [6.07, 6.45) is 13.7. The fourth-order valence-electron chi connectivity index (χ4n) is 7.59. The van der Waals surface area contributed by atoms with E-state index in [2.05, 4.69) is 63.0 Å². The third kappa shape index (κ3) is 4.44. The molecule has 0 bridgehead atoms. The molecule has 0 radical (unpaired) electrons. The highest BCUT2D eigenvalue weighted by Gasteiger charge is 2.38. The van der Waals surface area contributed by atoms with Gasteiger partial charge < -0.3 is 20.2 Å². The maximum absolute atomic E-state index is 9.49. The molecule has 12 nitrogen and oxygen atoms in total. The molecule has 0 unspecified atom stereocenters. The van der Waals surface area contributed by atoms with E-state index in [-0.39, 0.29) is 13.2 Å². The Bertz CT molecular complexity index is 1690. The summed E-state index contributed by atoms with van der Waals surface area (Å²) in [7, 11) is 0. The molecular weight excluding hydrogens is 532 g/mol. The molecular formula is C30H38N10O2. The quantitative estimate of drug-likeness (QED) is 0.232. The number of aliphatic hydroxyl groups excluding tert-OH is 2. The fraction of sp³-hybridized carbons (Fsp3) is 0.533. The third-order valence-electron chi connectivity index (χ3n) is 9.75. The van der Waals surface area contributed by atoms with Gasteiger partial charge in [0, 0.05) is 37.4 Å². The molecule has 42 heavy (non-hydrogen) atoms. The van der Waals surface area contributed by atoms with E-state index in [1.54, 1.807) is 12.4 Å². The SMILES string of the molecule is CC[C@@H]1C[C@H](CO)C[C@@H]1c1nnc2cnc3[nH]ccc3n12.CC[C@H]1C[C@@H](CO)C[C@H]1c1nnc2cnc3[nH]ccc3n12. The molecule has 0 aliphatic heterocycles. The highest BCUT2D eigenvalue weighted by molar-refractivity contribution is 5.75. The van der Waals surface area contributed by atoms with Crippen molar-refractivity contribution in [2.24, 2.45) is 23.7 Å². The molecule has 6 atom stereocenters. The van der Waals surface area contributed by atoms with Crippen molar-refractivity contribution in [2.75, 3.05) is 13.2 Å². The molecule has 2 aliphatic carbocycles. The predicted molar refractivity (Wildman–Crippen MR) is 158 cm³/mol. The van der Waals surface area contributed by atoms with E-state index in [9.17, 15) is 10.2 Å². The number of hydrogen-bond acceptors (Lipinski definition) is 8.